The van der Waals surface area contributed by atoms with Gasteiger partial charge in [-0.05, 0) is 60.7 Å². The van der Waals surface area contributed by atoms with Gasteiger partial charge in [-0.25, -0.2) is 9.78 Å². The second-order valence-corrected chi connectivity index (χ2v) is 5.77. The van der Waals surface area contributed by atoms with Crippen LogP contribution in [0.4, 0.5) is 17.1 Å². The lowest BCUT2D eigenvalue weighted by Crippen LogP contribution is -2.13. The van der Waals surface area contributed by atoms with Crippen LogP contribution >= 0.6 is 0 Å². The van der Waals surface area contributed by atoms with Gasteiger partial charge in [0.1, 0.15) is 5.69 Å². The number of amides is 1. The summed E-state index contributed by atoms with van der Waals surface area (Å²) in [7, 11) is 1.31. The van der Waals surface area contributed by atoms with Gasteiger partial charge < -0.3 is 15.4 Å². The number of nitriles is 1. The molecule has 1 amide bonds. The normalized spacial score (nSPS) is 9.86. The summed E-state index contributed by atoms with van der Waals surface area (Å²) in [5, 5.41) is 14.7. The Kier molecular flexibility index (Phi) is 5.63. The number of esters is 1. The van der Waals surface area contributed by atoms with Crippen LogP contribution in [0.25, 0.3) is 0 Å². The molecule has 0 aliphatic heterocycles. The lowest BCUT2D eigenvalue weighted by molar-refractivity contribution is 0.0600. The average Bonchev–Trinajstić information content (AvgIpc) is 2.74. The zero-order valence-electron chi connectivity index (χ0n) is 15.0. The molecular formula is C21H16N4O3. The number of methoxy groups -OCH3 is 1. The number of hydrogen-bond acceptors (Lipinski definition) is 6. The second kappa shape index (κ2) is 8.47. The third-order valence-electron chi connectivity index (χ3n) is 3.86. The van der Waals surface area contributed by atoms with Crippen LogP contribution < -0.4 is 10.6 Å². The highest BCUT2D eigenvalue weighted by atomic mass is 16.5. The Bertz CT molecular complexity index is 1020. The van der Waals surface area contributed by atoms with E-state index in [0.29, 0.717) is 22.5 Å². The molecule has 0 bridgehead atoms. The van der Waals surface area contributed by atoms with Crippen molar-refractivity contribution < 1.29 is 14.3 Å². The summed E-state index contributed by atoms with van der Waals surface area (Å²) in [5.74, 6) is -0.805. The predicted molar refractivity (Wildman–Crippen MR) is 104 cm³/mol. The fraction of sp³-hybridized carbons (Fsp3) is 0.0476. The molecule has 0 atom stereocenters. The summed E-state index contributed by atoms with van der Waals surface area (Å²) in [6.07, 6.45) is 1.55. The van der Waals surface area contributed by atoms with Crippen LogP contribution in [-0.2, 0) is 4.74 Å². The predicted octanol–water partition coefficient (Wildman–Crippen LogP) is 3.74. The highest BCUT2D eigenvalue weighted by Gasteiger charge is 2.09. The number of aromatic nitrogens is 1. The molecule has 0 spiro atoms. The Labute approximate surface area is 161 Å². The van der Waals surface area contributed by atoms with Crippen LogP contribution in [-0.4, -0.2) is 24.0 Å². The second-order valence-electron chi connectivity index (χ2n) is 5.77. The lowest BCUT2D eigenvalue weighted by Gasteiger charge is -2.08. The Hall–Kier alpha value is -4.18. The fourth-order valence-electron chi connectivity index (χ4n) is 2.40. The standard InChI is InChI=1S/C21H16N4O3/c1-28-21(27)15-4-8-17(9-5-15)25-20(26)19-11-10-18(13-23-19)24-16-6-2-14(12-22)3-7-16/h2-11,13,24H,1H3,(H,25,26). The first-order chi connectivity index (χ1) is 13.6. The van der Waals surface area contributed by atoms with Crippen molar-refractivity contribution in [3.63, 3.8) is 0 Å². The average molecular weight is 372 g/mol. The molecule has 0 aliphatic rings. The molecule has 7 nitrogen and oxygen atoms in total. The zero-order chi connectivity index (χ0) is 19.9. The molecule has 0 aliphatic carbocycles. The molecule has 1 aromatic heterocycles. The first kappa shape index (κ1) is 18.6. The Morgan fingerprint density at radius 3 is 2.14 bits per heavy atom. The van der Waals surface area contributed by atoms with Crippen molar-refractivity contribution in [2.45, 2.75) is 0 Å². The molecule has 0 unspecified atom stereocenters. The van der Waals surface area contributed by atoms with Crippen molar-refractivity contribution in [2.24, 2.45) is 0 Å². The minimum absolute atomic E-state index is 0.252. The molecule has 28 heavy (non-hydrogen) atoms. The molecule has 0 radical (unpaired) electrons. The van der Waals surface area contributed by atoms with E-state index in [1.165, 1.54) is 7.11 Å². The third-order valence-corrected chi connectivity index (χ3v) is 3.86. The maximum Gasteiger partial charge on any atom is 0.337 e. The van der Waals surface area contributed by atoms with Gasteiger partial charge in [-0.1, -0.05) is 0 Å². The van der Waals surface area contributed by atoms with E-state index in [-0.39, 0.29) is 11.6 Å². The number of rotatable bonds is 5. The van der Waals surface area contributed by atoms with E-state index in [2.05, 4.69) is 26.4 Å². The number of anilines is 3. The summed E-state index contributed by atoms with van der Waals surface area (Å²) in [6, 6.07) is 18.8. The van der Waals surface area contributed by atoms with E-state index >= 15 is 0 Å². The molecule has 3 rings (SSSR count). The number of nitrogens with one attached hydrogen (secondary N) is 2. The highest BCUT2D eigenvalue weighted by molar-refractivity contribution is 6.03. The summed E-state index contributed by atoms with van der Waals surface area (Å²) in [6.45, 7) is 0. The van der Waals surface area contributed by atoms with E-state index in [4.69, 9.17) is 5.26 Å². The molecule has 2 aromatic carbocycles. The van der Waals surface area contributed by atoms with E-state index < -0.39 is 5.97 Å². The first-order valence-electron chi connectivity index (χ1n) is 8.32. The molecule has 0 fully saturated rings. The number of nitrogens with zero attached hydrogens (tertiary/aromatic N) is 2. The number of benzene rings is 2. The first-order valence-corrected chi connectivity index (χ1v) is 8.32. The van der Waals surface area contributed by atoms with E-state index in [1.807, 2.05) is 0 Å². The van der Waals surface area contributed by atoms with Gasteiger partial charge in [0.05, 0.1) is 36.2 Å². The highest BCUT2D eigenvalue weighted by Crippen LogP contribution is 2.17. The van der Waals surface area contributed by atoms with Crippen LogP contribution in [0, 0.1) is 11.3 Å². The van der Waals surface area contributed by atoms with Gasteiger partial charge in [0.2, 0.25) is 0 Å². The minimum atomic E-state index is -0.440. The van der Waals surface area contributed by atoms with Gasteiger partial charge in [0, 0.05) is 11.4 Å². The van der Waals surface area contributed by atoms with Crippen LogP contribution in [0.1, 0.15) is 26.4 Å². The lowest BCUT2D eigenvalue weighted by atomic mass is 10.2. The summed E-state index contributed by atoms with van der Waals surface area (Å²) < 4.78 is 4.64. The maximum atomic E-state index is 12.3. The number of carbonyl (C=O) groups is 2. The number of hydrogen-bond donors (Lipinski definition) is 2. The monoisotopic (exact) mass is 372 g/mol. The van der Waals surface area contributed by atoms with Crippen molar-refractivity contribution in [3.8, 4) is 6.07 Å². The summed E-state index contributed by atoms with van der Waals surface area (Å²) in [5.41, 5.74) is 3.29. The minimum Gasteiger partial charge on any atom is -0.465 e. The van der Waals surface area contributed by atoms with Gasteiger partial charge >= 0.3 is 5.97 Å². The van der Waals surface area contributed by atoms with Gasteiger partial charge in [-0.2, -0.15) is 5.26 Å². The van der Waals surface area contributed by atoms with E-state index in [9.17, 15) is 9.59 Å². The number of pyridine rings is 1. The maximum absolute atomic E-state index is 12.3. The van der Waals surface area contributed by atoms with Crippen LogP contribution in [0.2, 0.25) is 0 Å². The van der Waals surface area contributed by atoms with E-state index in [1.54, 1.807) is 66.9 Å². The Morgan fingerprint density at radius 1 is 0.929 bits per heavy atom. The molecule has 138 valence electrons. The van der Waals surface area contributed by atoms with Crippen LogP contribution in [0.5, 0.6) is 0 Å². The molecule has 1 heterocycles. The Morgan fingerprint density at radius 2 is 1.57 bits per heavy atom. The van der Waals surface area contributed by atoms with Crippen LogP contribution in [0.3, 0.4) is 0 Å². The number of ether oxygens (including phenoxy) is 1. The summed E-state index contributed by atoms with van der Waals surface area (Å²) in [4.78, 5) is 27.9. The van der Waals surface area contributed by atoms with Crippen molar-refractivity contribution >= 4 is 28.9 Å². The SMILES string of the molecule is COC(=O)c1ccc(NC(=O)c2ccc(Nc3ccc(C#N)cc3)cn2)cc1. The van der Waals surface area contributed by atoms with Crippen molar-refractivity contribution in [3.05, 3.63) is 83.7 Å². The zero-order valence-corrected chi connectivity index (χ0v) is 15.0. The molecular weight excluding hydrogens is 356 g/mol. The van der Waals surface area contributed by atoms with Gasteiger partial charge in [0.15, 0.2) is 0 Å². The van der Waals surface area contributed by atoms with Crippen LogP contribution in [0.15, 0.2) is 66.9 Å². The van der Waals surface area contributed by atoms with Crippen molar-refractivity contribution in [1.82, 2.24) is 4.98 Å². The molecule has 3 aromatic rings. The van der Waals surface area contributed by atoms with Gasteiger partial charge in [-0.15, -0.1) is 0 Å². The Balaban J connectivity index is 1.63. The third kappa shape index (κ3) is 4.51. The number of carbonyl (C=O) groups excluding carboxylic acids is 2. The molecule has 7 heteroatoms. The van der Waals surface area contributed by atoms with Gasteiger partial charge in [0.25, 0.3) is 5.91 Å². The van der Waals surface area contributed by atoms with Crippen molar-refractivity contribution in [2.75, 3.05) is 17.7 Å². The van der Waals surface area contributed by atoms with Gasteiger partial charge in [-0.3, -0.25) is 4.79 Å². The fourth-order valence-corrected chi connectivity index (χ4v) is 2.40. The molecule has 2 N–H and O–H groups in total. The van der Waals surface area contributed by atoms with Crippen molar-refractivity contribution in [1.29, 1.82) is 5.26 Å². The topological polar surface area (TPSA) is 104 Å². The largest absolute Gasteiger partial charge is 0.465 e. The smallest absolute Gasteiger partial charge is 0.337 e. The summed E-state index contributed by atoms with van der Waals surface area (Å²) >= 11 is 0. The molecule has 0 saturated carbocycles. The molecule has 0 saturated heterocycles. The quantitative estimate of drug-likeness (QED) is 0.661. The van der Waals surface area contributed by atoms with E-state index in [0.717, 1.165) is 5.69 Å².